The second kappa shape index (κ2) is 8.25. The zero-order valence-corrected chi connectivity index (χ0v) is 16.0. The number of hydrogen-bond donors (Lipinski definition) is 1. The lowest BCUT2D eigenvalue weighted by Gasteiger charge is -2.20. The Hall–Kier alpha value is -2.21. The van der Waals surface area contributed by atoms with Crippen molar-refractivity contribution in [2.75, 3.05) is 0 Å². The molecular weight excluding hydrogens is 316 g/mol. The van der Waals surface area contributed by atoms with Gasteiger partial charge in [0, 0.05) is 20.0 Å². The molecule has 6 nitrogen and oxygen atoms in total. The monoisotopic (exact) mass is 344 g/mol. The van der Waals surface area contributed by atoms with Gasteiger partial charge in [-0.3, -0.25) is 4.79 Å². The number of benzene rings is 1. The Bertz CT molecular complexity index is 752. The molecule has 0 spiro atoms. The van der Waals surface area contributed by atoms with Crippen molar-refractivity contribution < 1.29 is 9.53 Å². The van der Waals surface area contributed by atoms with Gasteiger partial charge in [-0.2, -0.15) is 5.10 Å². The van der Waals surface area contributed by atoms with Gasteiger partial charge >= 0.3 is 5.97 Å². The maximum atomic E-state index is 11.1. The molecule has 0 aliphatic carbocycles. The average Bonchev–Trinajstić information content (AvgIpc) is 3.02. The van der Waals surface area contributed by atoms with Gasteiger partial charge in [-0.1, -0.05) is 6.07 Å². The number of aryl methyl sites for hydroxylation is 3. The van der Waals surface area contributed by atoms with E-state index in [1.807, 2.05) is 4.68 Å². The van der Waals surface area contributed by atoms with Crippen LogP contribution in [0.5, 0.6) is 0 Å². The van der Waals surface area contributed by atoms with Crippen molar-refractivity contribution in [2.45, 2.75) is 67.3 Å². The van der Waals surface area contributed by atoms with Crippen molar-refractivity contribution in [3.63, 3.8) is 0 Å². The smallest absolute Gasteiger partial charge is 0.302 e. The second-order valence-electron chi connectivity index (χ2n) is 6.41. The first-order chi connectivity index (χ1) is 11.8. The first-order valence-corrected chi connectivity index (χ1v) is 8.68. The lowest BCUT2D eigenvalue weighted by atomic mass is 9.93. The fraction of sp³-hybridized carbons (Fsp3) is 0.526. The van der Waals surface area contributed by atoms with Crippen molar-refractivity contribution >= 4 is 5.97 Å². The number of carbonyl (C=O) groups is 1. The lowest BCUT2D eigenvalue weighted by Crippen LogP contribution is -2.23. The molecule has 1 heterocycles. The molecule has 0 radical (unpaired) electrons. The van der Waals surface area contributed by atoms with Crippen molar-refractivity contribution in [1.82, 2.24) is 20.1 Å². The molecule has 0 fully saturated rings. The van der Waals surface area contributed by atoms with Crippen LogP contribution in [0.3, 0.4) is 0 Å². The molecule has 2 rings (SSSR count). The zero-order chi connectivity index (χ0) is 18.6. The molecule has 0 amide bonds. The van der Waals surface area contributed by atoms with Crippen LogP contribution in [0.4, 0.5) is 0 Å². The van der Waals surface area contributed by atoms with Crippen LogP contribution in [0.15, 0.2) is 12.4 Å². The summed E-state index contributed by atoms with van der Waals surface area (Å²) in [5, 5.41) is 7.77. The van der Waals surface area contributed by atoms with Crippen LogP contribution in [0.2, 0.25) is 0 Å². The highest BCUT2D eigenvalue weighted by Crippen LogP contribution is 2.24. The molecular formula is C19H28N4O2. The van der Waals surface area contributed by atoms with Crippen LogP contribution < -0.4 is 5.32 Å². The van der Waals surface area contributed by atoms with E-state index in [9.17, 15) is 4.79 Å². The summed E-state index contributed by atoms with van der Waals surface area (Å²) in [4.78, 5) is 15.5. The SMILES string of the molecule is CCn1ncnc1[C@@H](C)NCc1c(C)cc(C)c(COC(C)=O)c1C. The molecule has 0 saturated carbocycles. The Kier molecular flexibility index (Phi) is 6.31. The van der Waals surface area contributed by atoms with Gasteiger partial charge in [-0.15, -0.1) is 0 Å². The highest BCUT2D eigenvalue weighted by atomic mass is 16.5. The number of esters is 1. The summed E-state index contributed by atoms with van der Waals surface area (Å²) in [5.41, 5.74) is 5.89. The zero-order valence-electron chi connectivity index (χ0n) is 16.0. The normalized spacial score (nSPS) is 12.2. The van der Waals surface area contributed by atoms with Gasteiger partial charge < -0.3 is 10.1 Å². The van der Waals surface area contributed by atoms with E-state index in [0.29, 0.717) is 6.61 Å². The minimum Gasteiger partial charge on any atom is -0.461 e. The topological polar surface area (TPSA) is 69.0 Å². The third-order valence-electron chi connectivity index (χ3n) is 4.63. The first kappa shape index (κ1) is 19.1. The van der Waals surface area contributed by atoms with Crippen LogP contribution in [0.25, 0.3) is 0 Å². The lowest BCUT2D eigenvalue weighted by molar-refractivity contribution is -0.142. The predicted octanol–water partition coefficient (Wildman–Crippen LogP) is 3.14. The first-order valence-electron chi connectivity index (χ1n) is 8.68. The van der Waals surface area contributed by atoms with Gasteiger partial charge in [0.15, 0.2) is 0 Å². The van der Waals surface area contributed by atoms with Crippen LogP contribution >= 0.6 is 0 Å². The van der Waals surface area contributed by atoms with Gasteiger partial charge in [0.05, 0.1) is 6.04 Å². The van der Waals surface area contributed by atoms with Gasteiger partial charge in [0.2, 0.25) is 0 Å². The third kappa shape index (κ3) is 4.45. The largest absolute Gasteiger partial charge is 0.461 e. The summed E-state index contributed by atoms with van der Waals surface area (Å²) in [7, 11) is 0. The Labute approximate surface area is 149 Å². The van der Waals surface area contributed by atoms with Gasteiger partial charge in [0.25, 0.3) is 0 Å². The Morgan fingerprint density at radius 3 is 2.60 bits per heavy atom. The van der Waals surface area contributed by atoms with Crippen LogP contribution in [0, 0.1) is 20.8 Å². The fourth-order valence-electron chi connectivity index (χ4n) is 3.14. The number of rotatable bonds is 7. The summed E-state index contributed by atoms with van der Waals surface area (Å²) >= 11 is 0. The van der Waals surface area contributed by atoms with E-state index < -0.39 is 0 Å². The maximum Gasteiger partial charge on any atom is 0.302 e. The third-order valence-corrected chi connectivity index (χ3v) is 4.63. The van der Waals surface area contributed by atoms with Crippen LogP contribution in [0.1, 0.15) is 60.5 Å². The predicted molar refractivity (Wildman–Crippen MR) is 97.1 cm³/mol. The van der Waals surface area contributed by atoms with Crippen molar-refractivity contribution in [3.8, 4) is 0 Å². The van der Waals surface area contributed by atoms with Gasteiger partial charge in [-0.25, -0.2) is 9.67 Å². The number of carbonyl (C=O) groups excluding carboxylic acids is 1. The summed E-state index contributed by atoms with van der Waals surface area (Å²) in [5.74, 6) is 0.677. The number of hydrogen-bond acceptors (Lipinski definition) is 5. The van der Waals surface area contributed by atoms with E-state index in [4.69, 9.17) is 4.74 Å². The van der Waals surface area contributed by atoms with E-state index in [0.717, 1.165) is 30.0 Å². The highest BCUT2D eigenvalue weighted by molar-refractivity contribution is 5.66. The minimum atomic E-state index is -0.258. The molecule has 1 atom stereocenters. The molecule has 0 aliphatic rings. The molecule has 0 unspecified atom stereocenters. The van der Waals surface area contributed by atoms with Crippen LogP contribution in [-0.4, -0.2) is 20.7 Å². The van der Waals surface area contributed by atoms with Crippen molar-refractivity contribution in [3.05, 3.63) is 46.0 Å². The molecule has 2 aromatic rings. The molecule has 136 valence electrons. The average molecular weight is 344 g/mol. The Balaban J connectivity index is 2.18. The van der Waals surface area contributed by atoms with E-state index in [-0.39, 0.29) is 12.0 Å². The van der Waals surface area contributed by atoms with E-state index >= 15 is 0 Å². The molecule has 0 aliphatic heterocycles. The van der Waals surface area contributed by atoms with E-state index in [1.54, 1.807) is 6.33 Å². The summed E-state index contributed by atoms with van der Waals surface area (Å²) < 4.78 is 7.12. The van der Waals surface area contributed by atoms with Gasteiger partial charge in [-0.05, 0) is 62.4 Å². The van der Waals surface area contributed by atoms with E-state index in [2.05, 4.69) is 56.1 Å². The molecule has 0 saturated heterocycles. The number of aromatic nitrogens is 3. The molecule has 1 aromatic carbocycles. The summed E-state index contributed by atoms with van der Waals surface area (Å²) in [6.45, 7) is 13.7. The van der Waals surface area contributed by atoms with Crippen LogP contribution in [-0.2, 0) is 29.2 Å². The maximum absolute atomic E-state index is 11.1. The summed E-state index contributed by atoms with van der Waals surface area (Å²) in [6, 6.07) is 2.25. The highest BCUT2D eigenvalue weighted by Gasteiger charge is 2.15. The fourth-order valence-corrected chi connectivity index (χ4v) is 3.14. The number of nitrogens with one attached hydrogen (secondary N) is 1. The molecule has 1 aromatic heterocycles. The number of nitrogens with zero attached hydrogens (tertiary/aromatic N) is 3. The molecule has 25 heavy (non-hydrogen) atoms. The standard InChI is InChI=1S/C19H28N4O2/c1-7-23-19(21-11-22-23)15(5)20-9-17-12(2)8-13(3)18(14(17)4)10-25-16(6)24/h8,11,15,20H,7,9-10H2,1-6H3/t15-/m1/s1. The van der Waals surface area contributed by atoms with Crippen molar-refractivity contribution in [2.24, 2.45) is 0 Å². The molecule has 0 bridgehead atoms. The minimum absolute atomic E-state index is 0.0967. The summed E-state index contributed by atoms with van der Waals surface area (Å²) in [6.07, 6.45) is 1.59. The molecule has 6 heteroatoms. The van der Waals surface area contributed by atoms with E-state index in [1.165, 1.54) is 23.6 Å². The van der Waals surface area contributed by atoms with Crippen molar-refractivity contribution in [1.29, 1.82) is 0 Å². The number of ether oxygens (including phenoxy) is 1. The Morgan fingerprint density at radius 1 is 1.28 bits per heavy atom. The van der Waals surface area contributed by atoms with Gasteiger partial charge in [0.1, 0.15) is 18.8 Å². The second-order valence-corrected chi connectivity index (χ2v) is 6.41. The molecule has 1 N–H and O–H groups in total. The Morgan fingerprint density at radius 2 is 1.96 bits per heavy atom. The quantitative estimate of drug-likeness (QED) is 0.782.